The number of hydrogen-bond acceptors (Lipinski definition) is 2. The van der Waals surface area contributed by atoms with Crippen molar-refractivity contribution in [3.8, 4) is 11.5 Å². The van der Waals surface area contributed by atoms with E-state index in [0.717, 1.165) is 26.9 Å². The third kappa shape index (κ3) is 3.35. The first-order valence-corrected chi connectivity index (χ1v) is 7.47. The van der Waals surface area contributed by atoms with Crippen LogP contribution in [0.15, 0.2) is 34.8 Å². The summed E-state index contributed by atoms with van der Waals surface area (Å²) in [5.41, 5.74) is 2.68. The highest BCUT2D eigenvalue weighted by Gasteiger charge is 2.13. The number of aryl methyl sites for hydroxylation is 2. The van der Waals surface area contributed by atoms with Crippen LogP contribution in [0.3, 0.4) is 0 Å². The van der Waals surface area contributed by atoms with Crippen molar-refractivity contribution in [3.63, 3.8) is 0 Å². The Morgan fingerprint density at radius 1 is 1.15 bits per heavy atom. The van der Waals surface area contributed by atoms with Crippen molar-refractivity contribution >= 4 is 27.5 Å². The normalized spacial score (nSPS) is 12.3. The summed E-state index contributed by atoms with van der Waals surface area (Å²) < 4.78 is 6.91. The van der Waals surface area contributed by atoms with Crippen molar-refractivity contribution < 1.29 is 9.84 Å². The molecule has 0 aliphatic heterocycles. The van der Waals surface area contributed by atoms with Crippen LogP contribution in [0.2, 0.25) is 5.02 Å². The standard InChI is InChI=1S/C16H16BrClO2/c1-9-6-13(18)7-10(2)16(9)20-15-5-4-12(17)8-14(15)11(3)19/h4-8,11,19H,1-3H3. The van der Waals surface area contributed by atoms with Gasteiger partial charge in [-0.25, -0.2) is 0 Å². The third-order valence-electron chi connectivity index (χ3n) is 3.06. The highest BCUT2D eigenvalue weighted by Crippen LogP contribution is 2.36. The van der Waals surface area contributed by atoms with Gasteiger partial charge in [0.05, 0.1) is 6.10 Å². The van der Waals surface area contributed by atoms with Gasteiger partial charge in [0.25, 0.3) is 0 Å². The molecule has 0 saturated carbocycles. The molecule has 0 amide bonds. The van der Waals surface area contributed by atoms with Crippen molar-refractivity contribution in [1.82, 2.24) is 0 Å². The van der Waals surface area contributed by atoms with Gasteiger partial charge in [-0.2, -0.15) is 0 Å². The molecular weight excluding hydrogens is 340 g/mol. The number of hydrogen-bond donors (Lipinski definition) is 1. The van der Waals surface area contributed by atoms with Crippen LogP contribution in [-0.2, 0) is 0 Å². The Morgan fingerprint density at radius 2 is 1.75 bits per heavy atom. The van der Waals surface area contributed by atoms with Gasteiger partial charge < -0.3 is 9.84 Å². The average Bonchev–Trinajstić information content (AvgIpc) is 2.34. The van der Waals surface area contributed by atoms with Crippen molar-refractivity contribution in [1.29, 1.82) is 0 Å². The lowest BCUT2D eigenvalue weighted by Crippen LogP contribution is -1.98. The molecule has 0 heterocycles. The number of aliphatic hydroxyl groups is 1. The highest BCUT2D eigenvalue weighted by atomic mass is 79.9. The minimum absolute atomic E-state index is 0.601. The van der Waals surface area contributed by atoms with Gasteiger partial charge in [-0.15, -0.1) is 0 Å². The van der Waals surface area contributed by atoms with Gasteiger partial charge in [-0.3, -0.25) is 0 Å². The monoisotopic (exact) mass is 354 g/mol. The predicted molar refractivity (Wildman–Crippen MR) is 85.8 cm³/mol. The van der Waals surface area contributed by atoms with E-state index in [-0.39, 0.29) is 0 Å². The smallest absolute Gasteiger partial charge is 0.133 e. The van der Waals surface area contributed by atoms with Gasteiger partial charge >= 0.3 is 0 Å². The molecule has 1 atom stereocenters. The molecule has 0 aliphatic carbocycles. The van der Waals surface area contributed by atoms with Gasteiger partial charge in [0.1, 0.15) is 11.5 Å². The second kappa shape index (κ2) is 6.17. The molecule has 4 heteroatoms. The molecule has 0 saturated heterocycles. The number of rotatable bonds is 3. The van der Waals surface area contributed by atoms with E-state index in [1.807, 2.05) is 44.2 Å². The highest BCUT2D eigenvalue weighted by molar-refractivity contribution is 9.10. The van der Waals surface area contributed by atoms with E-state index in [0.29, 0.717) is 10.8 Å². The topological polar surface area (TPSA) is 29.5 Å². The Morgan fingerprint density at radius 3 is 2.30 bits per heavy atom. The first kappa shape index (κ1) is 15.4. The Labute approximate surface area is 132 Å². The summed E-state index contributed by atoms with van der Waals surface area (Å²) in [7, 11) is 0. The van der Waals surface area contributed by atoms with Gasteiger partial charge in [0, 0.05) is 15.1 Å². The van der Waals surface area contributed by atoms with Crippen LogP contribution in [0.4, 0.5) is 0 Å². The molecule has 2 nitrogen and oxygen atoms in total. The maximum atomic E-state index is 9.87. The van der Waals surface area contributed by atoms with Crippen molar-refractivity contribution in [2.75, 3.05) is 0 Å². The molecule has 0 bridgehead atoms. The van der Waals surface area contributed by atoms with E-state index in [1.165, 1.54) is 0 Å². The number of aliphatic hydroxyl groups excluding tert-OH is 1. The molecular formula is C16H16BrClO2. The van der Waals surface area contributed by atoms with Crippen LogP contribution < -0.4 is 4.74 Å². The van der Waals surface area contributed by atoms with Gasteiger partial charge in [0.2, 0.25) is 0 Å². The molecule has 2 rings (SSSR count). The molecule has 2 aromatic rings. The Bertz CT molecular complexity index is 615. The molecule has 0 aliphatic rings. The van der Waals surface area contributed by atoms with Gasteiger partial charge in [-0.1, -0.05) is 27.5 Å². The lowest BCUT2D eigenvalue weighted by molar-refractivity contribution is 0.195. The molecule has 106 valence electrons. The number of ether oxygens (including phenoxy) is 1. The van der Waals surface area contributed by atoms with Crippen LogP contribution in [0, 0.1) is 13.8 Å². The predicted octanol–water partition coefficient (Wildman–Crippen LogP) is 5.56. The fourth-order valence-electron chi connectivity index (χ4n) is 2.11. The van der Waals surface area contributed by atoms with Crippen LogP contribution in [0.25, 0.3) is 0 Å². The molecule has 2 aromatic carbocycles. The summed E-state index contributed by atoms with van der Waals surface area (Å²) in [6, 6.07) is 9.33. The zero-order valence-electron chi connectivity index (χ0n) is 11.6. The van der Waals surface area contributed by atoms with Crippen molar-refractivity contribution in [2.24, 2.45) is 0 Å². The van der Waals surface area contributed by atoms with Crippen molar-refractivity contribution in [3.05, 3.63) is 56.5 Å². The fourth-order valence-corrected chi connectivity index (χ4v) is 2.81. The number of benzene rings is 2. The van der Waals surface area contributed by atoms with Crippen LogP contribution in [0.5, 0.6) is 11.5 Å². The zero-order chi connectivity index (χ0) is 14.9. The molecule has 0 fully saturated rings. The first-order valence-electron chi connectivity index (χ1n) is 6.30. The van der Waals surface area contributed by atoms with Gasteiger partial charge in [0.15, 0.2) is 0 Å². The maximum Gasteiger partial charge on any atom is 0.133 e. The Balaban J connectivity index is 2.45. The van der Waals surface area contributed by atoms with Crippen LogP contribution >= 0.6 is 27.5 Å². The minimum Gasteiger partial charge on any atom is -0.456 e. The van der Waals surface area contributed by atoms with Gasteiger partial charge in [-0.05, 0) is 62.2 Å². The van der Waals surface area contributed by atoms with E-state index in [9.17, 15) is 5.11 Å². The summed E-state index contributed by atoms with van der Waals surface area (Å²) in [5, 5.41) is 10.6. The molecule has 1 N–H and O–H groups in total. The molecule has 1 unspecified atom stereocenters. The molecule has 20 heavy (non-hydrogen) atoms. The maximum absolute atomic E-state index is 9.87. The summed E-state index contributed by atoms with van der Waals surface area (Å²) >= 11 is 9.43. The summed E-state index contributed by atoms with van der Waals surface area (Å²) in [5.74, 6) is 1.43. The lowest BCUT2D eigenvalue weighted by Gasteiger charge is -2.17. The second-order valence-electron chi connectivity index (χ2n) is 4.83. The zero-order valence-corrected chi connectivity index (χ0v) is 13.9. The van der Waals surface area contributed by atoms with Crippen molar-refractivity contribution in [2.45, 2.75) is 26.9 Å². The SMILES string of the molecule is Cc1cc(Cl)cc(C)c1Oc1ccc(Br)cc1C(C)O. The average molecular weight is 356 g/mol. The Kier molecular flexibility index (Phi) is 4.74. The molecule has 0 spiro atoms. The quantitative estimate of drug-likeness (QED) is 0.780. The Hall–Kier alpha value is -1.03. The number of halogens is 2. The van der Waals surface area contributed by atoms with E-state index in [2.05, 4.69) is 15.9 Å². The molecule has 0 aromatic heterocycles. The summed E-state index contributed by atoms with van der Waals surface area (Å²) in [4.78, 5) is 0. The minimum atomic E-state index is -0.601. The van der Waals surface area contributed by atoms with Crippen LogP contribution in [-0.4, -0.2) is 5.11 Å². The second-order valence-corrected chi connectivity index (χ2v) is 6.18. The summed E-state index contributed by atoms with van der Waals surface area (Å²) in [6.45, 7) is 5.63. The third-order valence-corrected chi connectivity index (χ3v) is 3.77. The van der Waals surface area contributed by atoms with Crippen LogP contribution in [0.1, 0.15) is 29.7 Å². The van der Waals surface area contributed by atoms with E-state index < -0.39 is 6.10 Å². The van der Waals surface area contributed by atoms with E-state index in [1.54, 1.807) is 6.92 Å². The largest absolute Gasteiger partial charge is 0.456 e. The lowest BCUT2D eigenvalue weighted by atomic mass is 10.1. The van der Waals surface area contributed by atoms with E-state index in [4.69, 9.17) is 16.3 Å². The molecule has 0 radical (unpaired) electrons. The summed E-state index contributed by atoms with van der Waals surface area (Å²) in [6.07, 6.45) is -0.601. The first-order chi connectivity index (χ1) is 9.38. The van der Waals surface area contributed by atoms with E-state index >= 15 is 0 Å². The fraction of sp³-hybridized carbons (Fsp3) is 0.250.